The average molecular weight is 229 g/mol. The second-order valence-electron chi connectivity index (χ2n) is 5.64. The van der Waals surface area contributed by atoms with Crippen LogP contribution in [0, 0.1) is 0 Å². The van der Waals surface area contributed by atoms with Crippen LogP contribution in [0.5, 0.6) is 0 Å². The molecule has 1 fully saturated rings. The maximum atomic E-state index is 3.58. The molecule has 1 N–H and O–H groups in total. The minimum absolute atomic E-state index is 0.870. The van der Waals surface area contributed by atoms with Crippen LogP contribution in [-0.4, -0.2) is 12.6 Å². The van der Waals surface area contributed by atoms with Gasteiger partial charge < -0.3 is 5.32 Å². The Kier molecular flexibility index (Phi) is 3.46. The van der Waals surface area contributed by atoms with Crippen molar-refractivity contribution in [3.63, 3.8) is 0 Å². The Labute approximate surface area is 105 Å². The fraction of sp³-hybridized carbons (Fsp3) is 0.625. The monoisotopic (exact) mass is 229 g/mol. The summed E-state index contributed by atoms with van der Waals surface area (Å²) in [6.45, 7) is 1.22. The lowest BCUT2D eigenvalue weighted by Crippen LogP contribution is -2.17. The summed E-state index contributed by atoms with van der Waals surface area (Å²) in [5.74, 6) is 0. The van der Waals surface area contributed by atoms with Crippen LogP contribution in [0.25, 0.3) is 0 Å². The number of rotatable bonds is 6. The lowest BCUT2D eigenvalue weighted by atomic mass is 10.0. The van der Waals surface area contributed by atoms with Crippen molar-refractivity contribution in [3.8, 4) is 0 Å². The molecule has 0 spiro atoms. The smallest absolute Gasteiger partial charge is 0.00682 e. The molecule has 3 rings (SSSR count). The lowest BCUT2D eigenvalue weighted by Gasteiger charge is -2.05. The molecule has 1 heteroatoms. The zero-order valence-corrected chi connectivity index (χ0v) is 10.7. The minimum atomic E-state index is 0.870. The van der Waals surface area contributed by atoms with Gasteiger partial charge in [-0.25, -0.2) is 0 Å². The molecule has 2 aliphatic carbocycles. The van der Waals surface area contributed by atoms with E-state index < -0.39 is 0 Å². The Morgan fingerprint density at radius 1 is 1.06 bits per heavy atom. The highest BCUT2D eigenvalue weighted by atomic mass is 14.9. The molecule has 0 aliphatic heterocycles. The Bertz CT molecular complexity index is 379. The van der Waals surface area contributed by atoms with Crippen LogP contribution in [0.1, 0.15) is 48.8 Å². The van der Waals surface area contributed by atoms with Gasteiger partial charge in [0.25, 0.3) is 0 Å². The van der Waals surface area contributed by atoms with Crippen LogP contribution < -0.4 is 5.32 Å². The first-order valence-corrected chi connectivity index (χ1v) is 7.26. The van der Waals surface area contributed by atoms with Crippen LogP contribution in [0.2, 0.25) is 0 Å². The molecular formula is C16H23N. The van der Waals surface area contributed by atoms with Crippen LogP contribution in [0.4, 0.5) is 0 Å². The quantitative estimate of drug-likeness (QED) is 0.738. The third kappa shape index (κ3) is 3.10. The summed E-state index contributed by atoms with van der Waals surface area (Å²) in [7, 11) is 0. The van der Waals surface area contributed by atoms with Gasteiger partial charge in [-0.3, -0.25) is 0 Å². The largest absolute Gasteiger partial charge is 0.314 e. The van der Waals surface area contributed by atoms with Gasteiger partial charge in [-0.1, -0.05) is 18.2 Å². The number of unbranched alkanes of at least 4 members (excludes halogenated alkanes) is 1. The molecule has 0 aromatic heterocycles. The molecule has 0 atom stereocenters. The van der Waals surface area contributed by atoms with Crippen molar-refractivity contribution in [1.29, 1.82) is 0 Å². The molecule has 1 nitrogen and oxygen atoms in total. The molecule has 0 radical (unpaired) electrons. The van der Waals surface area contributed by atoms with Gasteiger partial charge in [0, 0.05) is 6.04 Å². The summed E-state index contributed by atoms with van der Waals surface area (Å²) in [6.07, 6.45) is 10.7. The SMILES string of the molecule is c1cc2c(cc1CCCCNC1CC1)CCC2. The molecule has 2 aliphatic rings. The second-order valence-corrected chi connectivity index (χ2v) is 5.64. The van der Waals surface area contributed by atoms with Crippen molar-refractivity contribution < 1.29 is 0 Å². The van der Waals surface area contributed by atoms with Crippen LogP contribution in [0.3, 0.4) is 0 Å². The molecular weight excluding hydrogens is 206 g/mol. The highest BCUT2D eigenvalue weighted by Crippen LogP contribution is 2.23. The number of fused-ring (bicyclic) bond motifs is 1. The first-order chi connectivity index (χ1) is 8.42. The van der Waals surface area contributed by atoms with Gasteiger partial charge in [0.1, 0.15) is 0 Å². The Hall–Kier alpha value is -0.820. The van der Waals surface area contributed by atoms with E-state index in [1.807, 2.05) is 0 Å². The molecule has 0 amide bonds. The predicted molar refractivity (Wildman–Crippen MR) is 72.4 cm³/mol. The van der Waals surface area contributed by atoms with Crippen LogP contribution in [-0.2, 0) is 19.3 Å². The van der Waals surface area contributed by atoms with E-state index >= 15 is 0 Å². The van der Waals surface area contributed by atoms with Gasteiger partial charge >= 0.3 is 0 Å². The lowest BCUT2D eigenvalue weighted by molar-refractivity contribution is 0.620. The first kappa shape index (κ1) is 11.3. The summed E-state index contributed by atoms with van der Waals surface area (Å²) < 4.78 is 0. The third-order valence-corrected chi connectivity index (χ3v) is 4.07. The zero-order chi connectivity index (χ0) is 11.5. The maximum absolute atomic E-state index is 3.58. The number of hydrogen-bond donors (Lipinski definition) is 1. The fourth-order valence-electron chi connectivity index (χ4n) is 2.83. The molecule has 1 saturated carbocycles. The van der Waals surface area contributed by atoms with Crippen molar-refractivity contribution in [2.45, 2.75) is 57.4 Å². The summed E-state index contributed by atoms with van der Waals surface area (Å²) in [5, 5.41) is 3.58. The predicted octanol–water partition coefficient (Wildman–Crippen LogP) is 3.25. The van der Waals surface area contributed by atoms with E-state index in [4.69, 9.17) is 0 Å². The highest BCUT2D eigenvalue weighted by molar-refractivity contribution is 5.35. The van der Waals surface area contributed by atoms with Crippen molar-refractivity contribution in [1.82, 2.24) is 5.32 Å². The van der Waals surface area contributed by atoms with Crippen molar-refractivity contribution >= 4 is 0 Å². The summed E-state index contributed by atoms with van der Waals surface area (Å²) >= 11 is 0. The molecule has 0 bridgehead atoms. The standard InChI is InChI=1S/C16H23N/c1(2-11-17-16-9-10-16)4-13-7-8-14-5-3-6-15(14)12-13/h7-8,12,16-17H,1-6,9-11H2. The molecule has 17 heavy (non-hydrogen) atoms. The molecule has 0 unspecified atom stereocenters. The average Bonchev–Trinajstić information content (AvgIpc) is 3.05. The van der Waals surface area contributed by atoms with Crippen molar-refractivity contribution in [2.24, 2.45) is 0 Å². The van der Waals surface area contributed by atoms with Crippen molar-refractivity contribution in [3.05, 3.63) is 34.9 Å². The summed E-state index contributed by atoms with van der Waals surface area (Å²) in [4.78, 5) is 0. The van der Waals surface area contributed by atoms with Crippen LogP contribution >= 0.6 is 0 Å². The number of hydrogen-bond acceptors (Lipinski definition) is 1. The van der Waals surface area contributed by atoms with E-state index in [1.54, 1.807) is 16.7 Å². The summed E-state index contributed by atoms with van der Waals surface area (Å²) in [6, 6.07) is 8.03. The molecule has 1 aromatic carbocycles. The highest BCUT2D eigenvalue weighted by Gasteiger charge is 2.19. The zero-order valence-electron chi connectivity index (χ0n) is 10.7. The van der Waals surface area contributed by atoms with E-state index in [0.29, 0.717) is 0 Å². The van der Waals surface area contributed by atoms with E-state index in [9.17, 15) is 0 Å². The van der Waals surface area contributed by atoms with Crippen LogP contribution in [0.15, 0.2) is 18.2 Å². The maximum Gasteiger partial charge on any atom is 0.00682 e. The molecule has 0 saturated heterocycles. The van der Waals surface area contributed by atoms with Gasteiger partial charge in [0.15, 0.2) is 0 Å². The molecule has 1 aromatic rings. The van der Waals surface area contributed by atoms with E-state index in [0.717, 1.165) is 6.04 Å². The Morgan fingerprint density at radius 3 is 2.82 bits per heavy atom. The summed E-state index contributed by atoms with van der Waals surface area (Å²) in [5.41, 5.74) is 4.78. The topological polar surface area (TPSA) is 12.0 Å². The van der Waals surface area contributed by atoms with E-state index in [2.05, 4.69) is 23.5 Å². The van der Waals surface area contributed by atoms with E-state index in [1.165, 1.54) is 57.9 Å². The van der Waals surface area contributed by atoms with E-state index in [-0.39, 0.29) is 0 Å². The van der Waals surface area contributed by atoms with Gasteiger partial charge in [0.2, 0.25) is 0 Å². The van der Waals surface area contributed by atoms with Crippen molar-refractivity contribution in [2.75, 3.05) is 6.54 Å². The Balaban J connectivity index is 1.41. The molecule has 92 valence electrons. The second kappa shape index (κ2) is 5.22. The third-order valence-electron chi connectivity index (χ3n) is 4.07. The molecule has 0 heterocycles. The number of aryl methyl sites for hydroxylation is 3. The normalized spacial score (nSPS) is 18.4. The minimum Gasteiger partial charge on any atom is -0.314 e. The van der Waals surface area contributed by atoms with Gasteiger partial charge in [-0.2, -0.15) is 0 Å². The number of benzene rings is 1. The number of nitrogens with one attached hydrogen (secondary N) is 1. The van der Waals surface area contributed by atoms with Gasteiger partial charge in [-0.05, 0) is 74.6 Å². The van der Waals surface area contributed by atoms with Gasteiger partial charge in [0.05, 0.1) is 0 Å². The Morgan fingerprint density at radius 2 is 1.94 bits per heavy atom. The first-order valence-electron chi connectivity index (χ1n) is 7.26. The van der Waals surface area contributed by atoms with Gasteiger partial charge in [-0.15, -0.1) is 0 Å². The fourth-order valence-corrected chi connectivity index (χ4v) is 2.83.